The molecule has 0 bridgehead atoms. The third kappa shape index (κ3) is 3.01. The number of fused-ring (bicyclic) bond motifs is 6. The summed E-state index contributed by atoms with van der Waals surface area (Å²) < 4.78 is 6.14. The van der Waals surface area contributed by atoms with Crippen LogP contribution >= 0.6 is 11.6 Å². The second-order valence-electron chi connectivity index (χ2n) is 10.2. The minimum atomic E-state index is -0.242. The molecular weight excluding hydrogens is 462 g/mol. The molecular formula is C33H24ClNO. The lowest BCUT2D eigenvalue weighted by atomic mass is 9.80. The van der Waals surface area contributed by atoms with Crippen LogP contribution in [0.5, 0.6) is 0 Å². The molecule has 0 fully saturated rings. The van der Waals surface area contributed by atoms with E-state index in [0.717, 1.165) is 44.2 Å². The molecule has 0 N–H and O–H groups in total. The van der Waals surface area contributed by atoms with E-state index in [1.165, 1.54) is 22.3 Å². The van der Waals surface area contributed by atoms with Crippen LogP contribution < -0.4 is 0 Å². The molecule has 174 valence electrons. The predicted octanol–water partition coefficient (Wildman–Crippen LogP) is 9.22. The van der Waals surface area contributed by atoms with Crippen molar-refractivity contribution in [2.45, 2.75) is 25.3 Å². The Bertz CT molecular complexity index is 1800. The lowest BCUT2D eigenvalue weighted by Gasteiger charge is -2.26. The maximum Gasteiger partial charge on any atom is 0.136 e. The Morgan fingerprint density at radius 3 is 2.44 bits per heavy atom. The molecule has 0 amide bonds. The zero-order chi connectivity index (χ0) is 24.6. The number of benzene rings is 4. The number of nitrogens with zero attached hydrogens (tertiary/aromatic N) is 1. The van der Waals surface area contributed by atoms with E-state index in [1.807, 2.05) is 24.3 Å². The fourth-order valence-electron chi connectivity index (χ4n) is 5.93. The van der Waals surface area contributed by atoms with Gasteiger partial charge in [-0.3, -0.25) is 4.99 Å². The van der Waals surface area contributed by atoms with E-state index in [2.05, 4.69) is 87.2 Å². The van der Waals surface area contributed by atoms with Crippen molar-refractivity contribution in [2.75, 3.05) is 0 Å². The van der Waals surface area contributed by atoms with Crippen molar-refractivity contribution in [1.82, 2.24) is 0 Å². The van der Waals surface area contributed by atoms with Gasteiger partial charge < -0.3 is 4.42 Å². The SMILES string of the molecule is C=C1C(c2ccc3c(c2)oc2ccccc23)=CC(Cl)=NC1c1ccc2c(c1)C(C)(C)c1ccccc1-2. The third-order valence-electron chi connectivity index (χ3n) is 7.80. The Labute approximate surface area is 215 Å². The van der Waals surface area contributed by atoms with Gasteiger partial charge in [0.1, 0.15) is 22.4 Å². The van der Waals surface area contributed by atoms with E-state index in [-0.39, 0.29) is 11.5 Å². The average Bonchev–Trinajstić information content (AvgIpc) is 3.37. The zero-order valence-electron chi connectivity index (χ0n) is 20.2. The van der Waals surface area contributed by atoms with Crippen molar-refractivity contribution in [1.29, 1.82) is 0 Å². The van der Waals surface area contributed by atoms with Crippen LogP contribution in [0.1, 0.15) is 42.1 Å². The second-order valence-corrected chi connectivity index (χ2v) is 10.6. The third-order valence-corrected chi connectivity index (χ3v) is 8.01. The van der Waals surface area contributed by atoms with Crippen molar-refractivity contribution < 1.29 is 4.42 Å². The van der Waals surface area contributed by atoms with Crippen LogP contribution in [0.25, 0.3) is 38.6 Å². The van der Waals surface area contributed by atoms with E-state index in [4.69, 9.17) is 21.0 Å². The monoisotopic (exact) mass is 485 g/mol. The minimum Gasteiger partial charge on any atom is -0.456 e. The van der Waals surface area contributed by atoms with Crippen LogP contribution in [-0.2, 0) is 5.41 Å². The van der Waals surface area contributed by atoms with Gasteiger partial charge in [0.2, 0.25) is 0 Å². The molecule has 7 rings (SSSR count). The maximum absolute atomic E-state index is 6.61. The first kappa shape index (κ1) is 21.4. The summed E-state index contributed by atoms with van der Waals surface area (Å²) >= 11 is 6.61. The van der Waals surface area contributed by atoms with E-state index >= 15 is 0 Å². The van der Waals surface area contributed by atoms with Crippen LogP contribution in [0.4, 0.5) is 0 Å². The molecule has 1 aliphatic heterocycles. The summed E-state index contributed by atoms with van der Waals surface area (Å²) in [4.78, 5) is 4.81. The van der Waals surface area contributed by atoms with Gasteiger partial charge in [0.05, 0.1) is 0 Å². The Morgan fingerprint density at radius 2 is 1.56 bits per heavy atom. The van der Waals surface area contributed by atoms with Crippen LogP contribution in [0.15, 0.2) is 113 Å². The first-order valence-corrected chi connectivity index (χ1v) is 12.6. The van der Waals surface area contributed by atoms with Crippen molar-refractivity contribution in [3.8, 4) is 11.1 Å². The molecule has 5 aromatic rings. The van der Waals surface area contributed by atoms with E-state index in [9.17, 15) is 0 Å². The minimum absolute atomic E-state index is 0.0730. The van der Waals surface area contributed by atoms with E-state index in [0.29, 0.717) is 5.17 Å². The quantitative estimate of drug-likeness (QED) is 0.244. The van der Waals surface area contributed by atoms with Crippen molar-refractivity contribution >= 4 is 44.3 Å². The summed E-state index contributed by atoms with van der Waals surface area (Å²) in [5.74, 6) is 0. The number of hydrogen-bond acceptors (Lipinski definition) is 2. The summed E-state index contributed by atoms with van der Waals surface area (Å²) in [5, 5.41) is 2.71. The Hall–Kier alpha value is -3.88. The van der Waals surface area contributed by atoms with Gasteiger partial charge in [0.15, 0.2) is 0 Å². The summed E-state index contributed by atoms with van der Waals surface area (Å²) in [6.07, 6.45) is 1.91. The molecule has 0 saturated heterocycles. The number of furan rings is 1. The first-order chi connectivity index (χ1) is 17.4. The molecule has 2 aliphatic rings. The molecule has 0 saturated carbocycles. The molecule has 1 unspecified atom stereocenters. The Morgan fingerprint density at radius 1 is 0.806 bits per heavy atom. The lowest BCUT2D eigenvalue weighted by Crippen LogP contribution is -2.16. The summed E-state index contributed by atoms with van der Waals surface area (Å²) in [6, 6.07) is 29.6. The molecule has 2 heterocycles. The average molecular weight is 486 g/mol. The summed E-state index contributed by atoms with van der Waals surface area (Å²) in [5.41, 5.74) is 11.0. The highest BCUT2D eigenvalue weighted by molar-refractivity contribution is 6.69. The maximum atomic E-state index is 6.61. The van der Waals surface area contributed by atoms with E-state index in [1.54, 1.807) is 0 Å². The number of rotatable bonds is 2. The Balaban J connectivity index is 1.30. The smallest absolute Gasteiger partial charge is 0.136 e. The van der Waals surface area contributed by atoms with Gasteiger partial charge >= 0.3 is 0 Å². The van der Waals surface area contributed by atoms with Gasteiger partial charge in [0.25, 0.3) is 0 Å². The highest BCUT2D eigenvalue weighted by Gasteiger charge is 2.36. The zero-order valence-corrected chi connectivity index (χ0v) is 20.9. The number of hydrogen-bond donors (Lipinski definition) is 0. The standard InChI is InChI=1S/C33H24ClNO/c1-19-26(20-12-15-25-24-9-5-7-11-29(24)36-30(25)17-20)18-31(34)35-32(19)21-13-14-23-22-8-4-6-10-27(22)33(2,3)28(23)16-21/h4-18,32H,1H2,2-3H3. The molecule has 0 radical (unpaired) electrons. The van der Waals surface area contributed by atoms with Crippen LogP contribution in [0.3, 0.4) is 0 Å². The number of aliphatic imine (C=N–C) groups is 1. The summed E-state index contributed by atoms with van der Waals surface area (Å²) in [6.45, 7) is 9.08. The van der Waals surface area contributed by atoms with Crippen LogP contribution in [0, 0.1) is 0 Å². The molecule has 2 nitrogen and oxygen atoms in total. The van der Waals surface area contributed by atoms with Gasteiger partial charge in [-0.1, -0.05) is 98.8 Å². The molecule has 4 aromatic carbocycles. The molecule has 1 atom stereocenters. The molecule has 36 heavy (non-hydrogen) atoms. The van der Waals surface area contributed by atoms with Crippen LogP contribution in [0.2, 0.25) is 0 Å². The molecule has 3 heteroatoms. The predicted molar refractivity (Wildman–Crippen MR) is 151 cm³/mol. The first-order valence-electron chi connectivity index (χ1n) is 12.2. The fraction of sp³-hybridized carbons (Fsp3) is 0.121. The van der Waals surface area contributed by atoms with E-state index < -0.39 is 0 Å². The number of dihydropyridines is 1. The van der Waals surface area contributed by atoms with Crippen molar-refractivity contribution in [3.63, 3.8) is 0 Å². The number of allylic oxidation sites excluding steroid dienone is 1. The normalized spacial score (nSPS) is 18.2. The highest BCUT2D eigenvalue weighted by atomic mass is 35.5. The number of halogens is 1. The molecule has 1 aliphatic carbocycles. The lowest BCUT2D eigenvalue weighted by molar-refractivity contribution is 0.658. The Kier molecular flexibility index (Phi) is 4.49. The van der Waals surface area contributed by atoms with Crippen LogP contribution in [-0.4, -0.2) is 5.17 Å². The summed E-state index contributed by atoms with van der Waals surface area (Å²) in [7, 11) is 0. The topological polar surface area (TPSA) is 25.5 Å². The second kappa shape index (κ2) is 7.56. The highest BCUT2D eigenvalue weighted by Crippen LogP contribution is 2.50. The van der Waals surface area contributed by atoms with Gasteiger partial charge in [-0.2, -0.15) is 0 Å². The van der Waals surface area contributed by atoms with Crippen molar-refractivity contribution in [2.24, 2.45) is 4.99 Å². The fourth-order valence-corrected chi connectivity index (χ4v) is 6.13. The van der Waals surface area contributed by atoms with Gasteiger partial charge in [-0.15, -0.1) is 0 Å². The van der Waals surface area contributed by atoms with Gasteiger partial charge in [-0.05, 0) is 68.8 Å². The largest absolute Gasteiger partial charge is 0.456 e. The molecule has 1 aromatic heterocycles. The van der Waals surface area contributed by atoms with Gasteiger partial charge in [0, 0.05) is 16.2 Å². The molecule has 0 spiro atoms. The van der Waals surface area contributed by atoms with Crippen molar-refractivity contribution in [3.05, 3.63) is 125 Å². The van der Waals surface area contributed by atoms with Gasteiger partial charge in [-0.25, -0.2) is 0 Å². The number of para-hydroxylation sites is 1.